The van der Waals surface area contributed by atoms with E-state index >= 15 is 0 Å². The van der Waals surface area contributed by atoms with Crippen molar-refractivity contribution in [3.8, 4) is 0 Å². The van der Waals surface area contributed by atoms with Crippen LogP contribution in [-0.2, 0) is 19.4 Å². The summed E-state index contributed by atoms with van der Waals surface area (Å²) in [6.45, 7) is 0.246. The Morgan fingerprint density at radius 2 is 2.05 bits per heavy atom. The molecule has 104 valence electrons. The van der Waals surface area contributed by atoms with E-state index in [0.717, 1.165) is 6.07 Å². The lowest BCUT2D eigenvalue weighted by molar-refractivity contribution is -0.146. The van der Waals surface area contributed by atoms with Gasteiger partial charge in [-0.15, -0.1) is 0 Å². The van der Waals surface area contributed by atoms with Crippen molar-refractivity contribution in [2.75, 3.05) is 13.2 Å². The van der Waals surface area contributed by atoms with E-state index in [4.69, 9.17) is 21.4 Å². The summed E-state index contributed by atoms with van der Waals surface area (Å²) in [5, 5.41) is 17.3. The van der Waals surface area contributed by atoms with Crippen LogP contribution in [0.3, 0.4) is 0 Å². The summed E-state index contributed by atoms with van der Waals surface area (Å²) < 4.78 is 29.1. The van der Waals surface area contributed by atoms with Crippen LogP contribution in [0.5, 0.6) is 0 Å². The molecule has 1 atom stereocenters. The molecule has 0 aliphatic carbocycles. The number of aliphatic carboxylic acids is 1. The third-order valence-electron chi connectivity index (χ3n) is 2.86. The molecule has 0 aromatic heterocycles. The summed E-state index contributed by atoms with van der Waals surface area (Å²) in [4.78, 5) is 10.5. The van der Waals surface area contributed by atoms with Gasteiger partial charge >= 0.3 is 5.97 Å². The van der Waals surface area contributed by atoms with Crippen molar-refractivity contribution >= 4 is 27.4 Å². The summed E-state index contributed by atoms with van der Waals surface area (Å²) in [6, 6.07) is 3.58. The largest absolute Gasteiger partial charge is 0.479 e. The normalized spacial score (nSPS) is 17.8. The Balaban J connectivity index is 2.37. The quantitative estimate of drug-likeness (QED) is 0.846. The Morgan fingerprint density at radius 1 is 1.42 bits per heavy atom. The topological polar surface area (TPSA) is 101 Å². The minimum absolute atomic E-state index is 0.0290. The minimum atomic E-state index is -3.58. The van der Waals surface area contributed by atoms with E-state index in [1.165, 1.54) is 12.1 Å². The van der Waals surface area contributed by atoms with Gasteiger partial charge in [-0.05, 0) is 17.7 Å². The Labute approximate surface area is 114 Å². The lowest BCUT2D eigenvalue weighted by atomic mass is 10.1. The van der Waals surface area contributed by atoms with Crippen molar-refractivity contribution in [1.82, 2.24) is 0 Å². The fourth-order valence-corrected chi connectivity index (χ4v) is 3.64. The van der Waals surface area contributed by atoms with Crippen LogP contribution < -0.4 is 0 Å². The highest BCUT2D eigenvalue weighted by Crippen LogP contribution is 2.30. The van der Waals surface area contributed by atoms with Gasteiger partial charge in [0.05, 0.1) is 23.1 Å². The number of rotatable bonds is 4. The number of carboxylic acid groups (broad SMARTS) is 1. The van der Waals surface area contributed by atoms with Crippen molar-refractivity contribution < 1.29 is 28.2 Å². The molecule has 1 saturated heterocycles. The number of halogens is 1. The van der Waals surface area contributed by atoms with Crippen molar-refractivity contribution in [3.05, 3.63) is 28.8 Å². The SMILES string of the molecule is O=C(O)C(O)c1ccc(S(=O)(=O)C2COC2)c(Cl)c1. The van der Waals surface area contributed by atoms with Crippen LogP contribution in [0, 0.1) is 0 Å². The van der Waals surface area contributed by atoms with Gasteiger partial charge in [0.1, 0.15) is 5.25 Å². The average Bonchev–Trinajstić information content (AvgIpc) is 2.24. The van der Waals surface area contributed by atoms with Crippen LogP contribution in [0.1, 0.15) is 11.7 Å². The van der Waals surface area contributed by atoms with E-state index in [-0.39, 0.29) is 28.7 Å². The van der Waals surface area contributed by atoms with Gasteiger partial charge in [0.2, 0.25) is 0 Å². The molecule has 2 N–H and O–H groups in total. The molecule has 2 rings (SSSR count). The van der Waals surface area contributed by atoms with Gasteiger partial charge in [0.25, 0.3) is 0 Å². The summed E-state index contributed by atoms with van der Waals surface area (Å²) in [6.07, 6.45) is -1.73. The van der Waals surface area contributed by atoms with Crippen molar-refractivity contribution in [2.24, 2.45) is 0 Å². The lowest BCUT2D eigenvalue weighted by Gasteiger charge is -2.26. The molecule has 19 heavy (non-hydrogen) atoms. The molecule has 1 aliphatic heterocycles. The first kappa shape index (κ1) is 14.3. The lowest BCUT2D eigenvalue weighted by Crippen LogP contribution is -2.40. The zero-order chi connectivity index (χ0) is 14.2. The van der Waals surface area contributed by atoms with Gasteiger partial charge in [-0.1, -0.05) is 17.7 Å². The van der Waals surface area contributed by atoms with Crippen molar-refractivity contribution in [1.29, 1.82) is 0 Å². The number of hydrogen-bond acceptors (Lipinski definition) is 5. The standard InChI is InChI=1S/C11H11ClO6S/c12-8-3-6(10(13)11(14)15)1-2-9(8)19(16,17)7-4-18-5-7/h1-3,7,10,13H,4-5H2,(H,14,15). The fraction of sp³-hybridized carbons (Fsp3) is 0.364. The highest BCUT2D eigenvalue weighted by molar-refractivity contribution is 7.92. The number of hydrogen-bond donors (Lipinski definition) is 2. The molecule has 0 bridgehead atoms. The molecule has 0 spiro atoms. The minimum Gasteiger partial charge on any atom is -0.479 e. The van der Waals surface area contributed by atoms with E-state index < -0.39 is 27.2 Å². The van der Waals surface area contributed by atoms with Gasteiger partial charge in [-0.2, -0.15) is 0 Å². The first-order chi connectivity index (χ1) is 8.84. The summed E-state index contributed by atoms with van der Waals surface area (Å²) in [5.41, 5.74) is 0.0290. The van der Waals surface area contributed by atoms with Gasteiger partial charge in [-0.25, -0.2) is 13.2 Å². The first-order valence-electron chi connectivity index (χ1n) is 5.36. The third kappa shape index (κ3) is 2.59. The van der Waals surface area contributed by atoms with Crippen molar-refractivity contribution in [3.63, 3.8) is 0 Å². The van der Waals surface area contributed by atoms with E-state index in [2.05, 4.69) is 0 Å². The number of benzene rings is 1. The summed E-state index contributed by atoms with van der Waals surface area (Å²) in [7, 11) is -3.58. The number of sulfone groups is 1. The molecule has 1 aliphatic rings. The van der Waals surface area contributed by atoms with E-state index in [1.54, 1.807) is 0 Å². The monoisotopic (exact) mass is 306 g/mol. The number of aliphatic hydroxyl groups excluding tert-OH is 1. The second-order valence-corrected chi connectivity index (χ2v) is 6.74. The third-order valence-corrected chi connectivity index (χ3v) is 5.40. The Bertz CT molecular complexity index is 608. The fourth-order valence-electron chi connectivity index (χ4n) is 1.63. The molecular weight excluding hydrogens is 296 g/mol. The smallest absolute Gasteiger partial charge is 0.337 e. The van der Waals surface area contributed by atoms with Gasteiger partial charge < -0.3 is 14.9 Å². The number of carbonyl (C=O) groups is 1. The predicted molar refractivity (Wildman–Crippen MR) is 65.8 cm³/mol. The molecule has 1 unspecified atom stereocenters. The highest BCUT2D eigenvalue weighted by atomic mass is 35.5. The van der Waals surface area contributed by atoms with Crippen LogP contribution >= 0.6 is 11.6 Å². The highest BCUT2D eigenvalue weighted by Gasteiger charge is 2.35. The Kier molecular flexibility index (Phi) is 3.82. The zero-order valence-electron chi connectivity index (χ0n) is 9.61. The molecule has 1 aromatic carbocycles. The van der Waals surface area contributed by atoms with Gasteiger partial charge in [-0.3, -0.25) is 0 Å². The molecule has 0 amide bonds. The van der Waals surface area contributed by atoms with Crippen molar-refractivity contribution in [2.45, 2.75) is 16.2 Å². The maximum absolute atomic E-state index is 12.1. The second-order valence-electron chi connectivity index (χ2n) is 4.14. The number of carboxylic acids is 1. The molecule has 1 aromatic rings. The molecule has 0 radical (unpaired) electrons. The van der Waals surface area contributed by atoms with Crippen LogP contribution in [0.15, 0.2) is 23.1 Å². The summed E-state index contributed by atoms with van der Waals surface area (Å²) in [5.74, 6) is -1.43. The Hall–Kier alpha value is -1.15. The maximum atomic E-state index is 12.1. The molecule has 8 heteroatoms. The summed E-state index contributed by atoms with van der Waals surface area (Å²) >= 11 is 5.86. The molecule has 1 fully saturated rings. The zero-order valence-corrected chi connectivity index (χ0v) is 11.2. The molecule has 6 nitrogen and oxygen atoms in total. The second kappa shape index (κ2) is 5.09. The van der Waals surface area contributed by atoms with E-state index in [9.17, 15) is 18.3 Å². The van der Waals surface area contributed by atoms with Crippen LogP contribution in [0.25, 0.3) is 0 Å². The maximum Gasteiger partial charge on any atom is 0.337 e. The number of ether oxygens (including phenoxy) is 1. The van der Waals surface area contributed by atoms with E-state index in [1.807, 2.05) is 0 Å². The first-order valence-corrected chi connectivity index (χ1v) is 7.28. The average molecular weight is 307 g/mol. The van der Waals surface area contributed by atoms with Crippen LogP contribution in [-0.4, -0.2) is 43.1 Å². The number of aliphatic hydroxyl groups is 1. The van der Waals surface area contributed by atoms with Crippen LogP contribution in [0.4, 0.5) is 0 Å². The molecule has 0 saturated carbocycles. The molecular formula is C11H11ClO6S. The van der Waals surface area contributed by atoms with Gasteiger partial charge in [0, 0.05) is 0 Å². The van der Waals surface area contributed by atoms with Crippen LogP contribution in [0.2, 0.25) is 5.02 Å². The molecule has 1 heterocycles. The predicted octanol–water partition coefficient (Wildman–Crippen LogP) is 0.630. The van der Waals surface area contributed by atoms with E-state index in [0.29, 0.717) is 0 Å². The Morgan fingerprint density at radius 3 is 2.47 bits per heavy atom. The van der Waals surface area contributed by atoms with Gasteiger partial charge in [0.15, 0.2) is 15.9 Å².